The lowest BCUT2D eigenvalue weighted by atomic mass is 10.1. The zero-order valence-corrected chi connectivity index (χ0v) is 24.2. The van der Waals surface area contributed by atoms with Gasteiger partial charge in [-0.1, -0.05) is 5.21 Å². The van der Waals surface area contributed by atoms with Gasteiger partial charge in [-0.05, 0) is 74.0 Å². The first-order valence-corrected chi connectivity index (χ1v) is 13.0. The van der Waals surface area contributed by atoms with E-state index in [1.807, 2.05) is 0 Å². The van der Waals surface area contributed by atoms with Crippen LogP contribution in [0, 0.1) is 27.2 Å². The van der Waals surface area contributed by atoms with Crippen LogP contribution >= 0.6 is 15.9 Å². The summed E-state index contributed by atoms with van der Waals surface area (Å²) in [6, 6.07) is 10.4. The summed E-state index contributed by atoms with van der Waals surface area (Å²) < 4.78 is 12.9. The van der Waals surface area contributed by atoms with Crippen LogP contribution in [0.25, 0.3) is 17.1 Å². The molecule has 0 aliphatic carbocycles. The lowest BCUT2D eigenvalue weighted by Crippen LogP contribution is -2.19. The van der Waals surface area contributed by atoms with Gasteiger partial charge < -0.3 is 20.6 Å². The third-order valence-corrected chi connectivity index (χ3v) is 7.16. The van der Waals surface area contributed by atoms with E-state index in [4.69, 9.17) is 10.5 Å². The number of hydrogen-bond donors (Lipinski definition) is 2. The number of hydrogen-bond acceptors (Lipinski definition) is 14. The number of nitrogens with zero attached hydrogens (tertiary/aromatic N) is 10. The first-order valence-electron chi connectivity index (χ1n) is 12.3. The van der Waals surface area contributed by atoms with E-state index in [2.05, 4.69) is 56.8 Å². The molecule has 0 radical (unpaired) electrons. The number of nitrogens with one attached hydrogen (secondary N) is 1. The molecule has 3 aromatic heterocycles. The summed E-state index contributed by atoms with van der Waals surface area (Å²) in [6.07, 6.45) is 1.37. The molecule has 2 aromatic carbocycles. The van der Waals surface area contributed by atoms with Gasteiger partial charge in [0.05, 0.1) is 35.6 Å². The van der Waals surface area contributed by atoms with E-state index in [1.165, 1.54) is 42.3 Å². The summed E-state index contributed by atoms with van der Waals surface area (Å²) in [7, 11) is 1.49. The van der Waals surface area contributed by atoms with E-state index in [0.717, 1.165) is 4.68 Å². The standard InChI is InChI=1S/C24H19BrN12O7/c1-12-18(25)22(37(41)42)30-34(12)11-15-9-13(3-8-17(15)43-2)10-27-29-24(38)19-20(14-4-6-16(7-5-14)36(39)40)35(33-28-19)23-21(26)31-44-32-23/h3-10H,11H2,1-2H3,(H2,26,31)(H,29,38). The molecule has 0 unspecified atom stereocenters. The average Bonchev–Trinajstić information content (AvgIpc) is 3.71. The molecule has 0 saturated heterocycles. The minimum atomic E-state index is -0.770. The van der Waals surface area contributed by atoms with E-state index in [-0.39, 0.29) is 45.5 Å². The zero-order valence-electron chi connectivity index (χ0n) is 22.6. The molecule has 3 heterocycles. The number of nitrogen functional groups attached to an aromatic ring is 1. The number of nitrogens with two attached hydrogens (primary N) is 1. The van der Waals surface area contributed by atoms with Crippen molar-refractivity contribution in [2.24, 2.45) is 5.10 Å². The number of nitro groups is 2. The highest BCUT2D eigenvalue weighted by Gasteiger charge is 2.26. The maximum atomic E-state index is 13.2. The van der Waals surface area contributed by atoms with Crippen molar-refractivity contribution in [3.05, 3.63) is 89.7 Å². The lowest BCUT2D eigenvalue weighted by molar-refractivity contribution is -0.390. The third-order valence-electron chi connectivity index (χ3n) is 6.23. The summed E-state index contributed by atoms with van der Waals surface area (Å²) in [4.78, 5) is 34.4. The number of rotatable bonds is 10. The summed E-state index contributed by atoms with van der Waals surface area (Å²) in [5.74, 6) is -0.760. The molecule has 1 amide bonds. The van der Waals surface area contributed by atoms with Gasteiger partial charge in [-0.25, -0.2) is 10.1 Å². The fourth-order valence-electron chi connectivity index (χ4n) is 4.08. The molecule has 0 aliphatic rings. The van der Waals surface area contributed by atoms with Crippen LogP contribution in [0.15, 0.2) is 56.7 Å². The number of anilines is 1. The minimum absolute atomic E-state index is 0.0519. The molecular formula is C24H19BrN12O7. The number of carbonyl (C=O) groups is 1. The van der Waals surface area contributed by atoms with Gasteiger partial charge in [-0.2, -0.15) is 14.5 Å². The Hall–Kier alpha value is -6.05. The van der Waals surface area contributed by atoms with Gasteiger partial charge in [0.25, 0.3) is 11.6 Å². The van der Waals surface area contributed by atoms with E-state index in [1.54, 1.807) is 25.1 Å². The highest BCUT2D eigenvalue weighted by atomic mass is 79.9. The van der Waals surface area contributed by atoms with Gasteiger partial charge in [0.15, 0.2) is 5.69 Å². The summed E-state index contributed by atoms with van der Waals surface area (Å²) in [5, 5.41) is 45.6. The number of hydrazone groups is 1. The fourth-order valence-corrected chi connectivity index (χ4v) is 4.51. The van der Waals surface area contributed by atoms with Gasteiger partial charge in [0.1, 0.15) is 15.9 Å². The molecule has 20 heteroatoms. The van der Waals surface area contributed by atoms with Crippen LogP contribution in [0.3, 0.4) is 0 Å². The quantitative estimate of drug-likeness (QED) is 0.124. The molecule has 0 spiro atoms. The van der Waals surface area contributed by atoms with Crippen molar-refractivity contribution in [2.45, 2.75) is 13.5 Å². The van der Waals surface area contributed by atoms with Crippen molar-refractivity contribution in [2.75, 3.05) is 12.8 Å². The Balaban J connectivity index is 1.41. The first-order chi connectivity index (χ1) is 21.1. The highest BCUT2D eigenvalue weighted by Crippen LogP contribution is 2.30. The van der Waals surface area contributed by atoms with Crippen molar-refractivity contribution >= 4 is 45.4 Å². The number of nitro benzene ring substituents is 1. The highest BCUT2D eigenvalue weighted by molar-refractivity contribution is 9.10. The van der Waals surface area contributed by atoms with Crippen molar-refractivity contribution in [1.29, 1.82) is 0 Å². The summed E-state index contributed by atoms with van der Waals surface area (Å²) in [6.45, 7) is 1.84. The smallest absolute Gasteiger partial charge is 0.404 e. The number of amides is 1. The Bertz CT molecular complexity index is 1930. The number of methoxy groups -OCH3 is 1. The van der Waals surface area contributed by atoms with Gasteiger partial charge in [-0.15, -0.1) is 5.10 Å². The predicted molar refractivity (Wildman–Crippen MR) is 154 cm³/mol. The predicted octanol–water partition coefficient (Wildman–Crippen LogP) is 2.80. The topological polar surface area (TPSA) is 250 Å². The second kappa shape index (κ2) is 12.1. The molecule has 0 bridgehead atoms. The SMILES string of the molecule is COc1ccc(C=NNC(=O)c2nnn(-c3nonc3N)c2-c2ccc([N+](=O)[O-])cc2)cc1Cn1nc([N+](=O)[O-])c(Br)c1C. The Morgan fingerprint density at radius 2 is 1.93 bits per heavy atom. The molecule has 3 N–H and O–H groups in total. The van der Waals surface area contributed by atoms with Crippen LogP contribution in [-0.2, 0) is 6.54 Å². The molecule has 5 rings (SSSR count). The monoisotopic (exact) mass is 666 g/mol. The number of non-ortho nitro benzene ring substituents is 1. The first kappa shape index (κ1) is 29.4. The third kappa shape index (κ3) is 5.68. The van der Waals surface area contributed by atoms with Crippen molar-refractivity contribution in [1.82, 2.24) is 40.5 Å². The van der Waals surface area contributed by atoms with Crippen molar-refractivity contribution in [3.8, 4) is 22.8 Å². The van der Waals surface area contributed by atoms with E-state index >= 15 is 0 Å². The van der Waals surface area contributed by atoms with Gasteiger partial charge in [0.2, 0.25) is 11.6 Å². The van der Waals surface area contributed by atoms with Gasteiger partial charge in [-0.3, -0.25) is 14.9 Å². The molecule has 0 aliphatic heterocycles. The van der Waals surface area contributed by atoms with Crippen LogP contribution < -0.4 is 15.9 Å². The van der Waals surface area contributed by atoms with Crippen LogP contribution in [0.5, 0.6) is 5.75 Å². The van der Waals surface area contributed by atoms with Crippen LogP contribution in [0.2, 0.25) is 0 Å². The Kier molecular flexibility index (Phi) is 8.06. The molecule has 0 fully saturated rings. The number of benzene rings is 2. The van der Waals surface area contributed by atoms with Gasteiger partial charge in [0, 0.05) is 23.3 Å². The Morgan fingerprint density at radius 3 is 2.55 bits per heavy atom. The van der Waals surface area contributed by atoms with Gasteiger partial charge >= 0.3 is 5.82 Å². The Labute approximate surface area is 253 Å². The number of ether oxygens (including phenoxy) is 1. The zero-order chi connectivity index (χ0) is 31.5. The summed E-state index contributed by atoms with van der Waals surface area (Å²) in [5.41, 5.74) is 9.98. The normalized spacial score (nSPS) is 11.2. The largest absolute Gasteiger partial charge is 0.496 e. The van der Waals surface area contributed by atoms with Crippen molar-refractivity contribution < 1.29 is 24.0 Å². The maximum Gasteiger partial charge on any atom is 0.404 e. The second-order valence-electron chi connectivity index (χ2n) is 8.88. The number of aromatic nitrogens is 7. The van der Waals surface area contributed by atoms with Crippen LogP contribution in [0.4, 0.5) is 17.3 Å². The number of carbonyl (C=O) groups excluding carboxylic acids is 1. The molecule has 5 aromatic rings. The van der Waals surface area contributed by atoms with Crippen LogP contribution in [0.1, 0.15) is 27.3 Å². The van der Waals surface area contributed by atoms with E-state index in [9.17, 15) is 25.0 Å². The second-order valence-corrected chi connectivity index (χ2v) is 9.68. The maximum absolute atomic E-state index is 13.2. The summed E-state index contributed by atoms with van der Waals surface area (Å²) >= 11 is 3.20. The molecule has 224 valence electrons. The Morgan fingerprint density at radius 1 is 1.18 bits per heavy atom. The van der Waals surface area contributed by atoms with Crippen molar-refractivity contribution in [3.63, 3.8) is 0 Å². The number of halogens is 1. The lowest BCUT2D eigenvalue weighted by Gasteiger charge is -2.09. The molecule has 44 heavy (non-hydrogen) atoms. The molecule has 0 atom stereocenters. The molecule has 19 nitrogen and oxygen atoms in total. The molecule has 0 saturated carbocycles. The van der Waals surface area contributed by atoms with Crippen LogP contribution in [-0.4, -0.2) is 64.2 Å². The molecular weight excluding hydrogens is 648 g/mol. The van der Waals surface area contributed by atoms with E-state index in [0.29, 0.717) is 28.1 Å². The fraction of sp³-hybridized carbons (Fsp3) is 0.125. The average molecular weight is 667 g/mol. The minimum Gasteiger partial charge on any atom is -0.496 e. The van der Waals surface area contributed by atoms with E-state index < -0.39 is 15.8 Å².